The molecule has 0 saturated heterocycles. The van der Waals surface area contributed by atoms with Gasteiger partial charge in [-0.1, -0.05) is 26.8 Å². The first-order valence-electron chi connectivity index (χ1n) is 5.41. The molecule has 2 nitrogen and oxygen atoms in total. The zero-order chi connectivity index (χ0) is 11.1. The quantitative estimate of drug-likeness (QED) is 0.649. The summed E-state index contributed by atoms with van der Waals surface area (Å²) in [4.78, 5) is 0. The molecule has 0 bridgehead atoms. The van der Waals surface area contributed by atoms with Crippen molar-refractivity contribution in [3.63, 3.8) is 0 Å². The van der Waals surface area contributed by atoms with Crippen molar-refractivity contribution in [3.05, 3.63) is 23.8 Å². The second-order valence-electron chi connectivity index (χ2n) is 5.15. The SMILES string of the molecule is CC1COc2ccc(C(C)(C)C)cc2O1. The average molecular weight is 206 g/mol. The molecule has 0 N–H and O–H groups in total. The van der Waals surface area contributed by atoms with Gasteiger partial charge in [-0.25, -0.2) is 0 Å². The Morgan fingerprint density at radius 3 is 2.60 bits per heavy atom. The van der Waals surface area contributed by atoms with Crippen LogP contribution in [-0.4, -0.2) is 12.7 Å². The molecule has 1 aliphatic heterocycles. The maximum atomic E-state index is 5.74. The fraction of sp³-hybridized carbons (Fsp3) is 0.538. The van der Waals surface area contributed by atoms with E-state index in [1.54, 1.807) is 0 Å². The van der Waals surface area contributed by atoms with Crippen LogP contribution in [0, 0.1) is 0 Å². The maximum absolute atomic E-state index is 5.74. The molecule has 82 valence electrons. The molecule has 0 amide bonds. The fourth-order valence-corrected chi connectivity index (χ4v) is 1.64. The third kappa shape index (κ3) is 2.09. The molecule has 1 aromatic rings. The summed E-state index contributed by atoms with van der Waals surface area (Å²) < 4.78 is 11.3. The highest BCUT2D eigenvalue weighted by Crippen LogP contribution is 2.35. The van der Waals surface area contributed by atoms with Crippen molar-refractivity contribution in [3.8, 4) is 11.5 Å². The van der Waals surface area contributed by atoms with Gasteiger partial charge in [0.1, 0.15) is 12.7 Å². The van der Waals surface area contributed by atoms with Crippen LogP contribution in [0.3, 0.4) is 0 Å². The minimum atomic E-state index is 0.146. The first kappa shape index (κ1) is 10.3. The first-order chi connectivity index (χ1) is 6.97. The third-order valence-electron chi connectivity index (χ3n) is 2.61. The van der Waals surface area contributed by atoms with E-state index in [1.165, 1.54) is 5.56 Å². The number of rotatable bonds is 0. The van der Waals surface area contributed by atoms with Gasteiger partial charge in [-0.05, 0) is 30.0 Å². The van der Waals surface area contributed by atoms with Gasteiger partial charge in [0.15, 0.2) is 11.5 Å². The Bertz CT molecular complexity index is 363. The van der Waals surface area contributed by atoms with Crippen molar-refractivity contribution >= 4 is 0 Å². The van der Waals surface area contributed by atoms with Gasteiger partial charge in [-0.2, -0.15) is 0 Å². The van der Waals surface area contributed by atoms with E-state index in [1.807, 2.05) is 13.0 Å². The lowest BCUT2D eigenvalue weighted by molar-refractivity contribution is 0.104. The van der Waals surface area contributed by atoms with Crippen LogP contribution in [0.1, 0.15) is 33.3 Å². The molecule has 0 saturated carbocycles. The van der Waals surface area contributed by atoms with Crippen LogP contribution in [0.2, 0.25) is 0 Å². The van der Waals surface area contributed by atoms with Gasteiger partial charge in [-0.3, -0.25) is 0 Å². The number of fused-ring (bicyclic) bond motifs is 1. The summed E-state index contributed by atoms with van der Waals surface area (Å²) in [6, 6.07) is 6.20. The van der Waals surface area contributed by atoms with E-state index in [4.69, 9.17) is 9.47 Å². The van der Waals surface area contributed by atoms with Crippen molar-refractivity contribution in [1.29, 1.82) is 0 Å². The highest BCUT2D eigenvalue weighted by Gasteiger charge is 2.21. The summed E-state index contributed by atoms with van der Waals surface area (Å²) in [5.41, 5.74) is 1.43. The van der Waals surface area contributed by atoms with E-state index in [9.17, 15) is 0 Å². The van der Waals surface area contributed by atoms with Crippen molar-refractivity contribution in [2.75, 3.05) is 6.61 Å². The molecule has 1 aliphatic rings. The lowest BCUT2D eigenvalue weighted by Crippen LogP contribution is -2.26. The molecule has 1 heterocycles. The summed E-state index contributed by atoms with van der Waals surface area (Å²) in [5.74, 6) is 1.74. The van der Waals surface area contributed by atoms with Crippen LogP contribution in [0.25, 0.3) is 0 Å². The van der Waals surface area contributed by atoms with Crippen molar-refractivity contribution < 1.29 is 9.47 Å². The van der Waals surface area contributed by atoms with E-state index in [0.29, 0.717) is 6.61 Å². The minimum absolute atomic E-state index is 0.146. The Labute approximate surface area is 91.2 Å². The van der Waals surface area contributed by atoms with Gasteiger partial charge in [0.2, 0.25) is 0 Å². The zero-order valence-corrected chi connectivity index (χ0v) is 9.83. The fourth-order valence-electron chi connectivity index (χ4n) is 1.64. The predicted molar refractivity (Wildman–Crippen MR) is 60.7 cm³/mol. The molecule has 1 aromatic carbocycles. The second kappa shape index (κ2) is 3.44. The summed E-state index contributed by atoms with van der Waals surface area (Å²) in [6.07, 6.45) is 0.146. The molecular formula is C13H18O2. The molecule has 2 heteroatoms. The Morgan fingerprint density at radius 2 is 1.93 bits per heavy atom. The highest BCUT2D eigenvalue weighted by molar-refractivity contribution is 5.45. The Morgan fingerprint density at radius 1 is 1.20 bits per heavy atom. The van der Waals surface area contributed by atoms with Crippen LogP contribution in [0.4, 0.5) is 0 Å². The Balaban J connectivity index is 2.37. The highest BCUT2D eigenvalue weighted by atomic mass is 16.6. The van der Waals surface area contributed by atoms with Gasteiger partial charge in [-0.15, -0.1) is 0 Å². The largest absolute Gasteiger partial charge is 0.486 e. The smallest absolute Gasteiger partial charge is 0.162 e. The number of hydrogen-bond donors (Lipinski definition) is 0. The van der Waals surface area contributed by atoms with E-state index in [0.717, 1.165) is 11.5 Å². The molecule has 0 aromatic heterocycles. The van der Waals surface area contributed by atoms with Crippen LogP contribution < -0.4 is 9.47 Å². The number of benzene rings is 1. The Kier molecular flexibility index (Phi) is 2.37. The van der Waals surface area contributed by atoms with Gasteiger partial charge >= 0.3 is 0 Å². The monoisotopic (exact) mass is 206 g/mol. The van der Waals surface area contributed by atoms with E-state index in [-0.39, 0.29) is 11.5 Å². The number of hydrogen-bond acceptors (Lipinski definition) is 2. The molecule has 0 radical (unpaired) electrons. The molecule has 0 fully saturated rings. The molecule has 2 rings (SSSR count). The standard InChI is InChI=1S/C13H18O2/c1-9-8-14-11-6-5-10(13(2,3)4)7-12(11)15-9/h5-7,9H,8H2,1-4H3. The third-order valence-corrected chi connectivity index (χ3v) is 2.61. The van der Waals surface area contributed by atoms with Crippen molar-refractivity contribution in [1.82, 2.24) is 0 Å². The summed E-state index contributed by atoms with van der Waals surface area (Å²) in [7, 11) is 0. The summed E-state index contributed by atoms with van der Waals surface area (Å²) in [5, 5.41) is 0. The minimum Gasteiger partial charge on any atom is -0.486 e. The zero-order valence-electron chi connectivity index (χ0n) is 9.83. The van der Waals surface area contributed by atoms with Crippen LogP contribution >= 0.6 is 0 Å². The van der Waals surface area contributed by atoms with Crippen LogP contribution in [-0.2, 0) is 5.41 Å². The van der Waals surface area contributed by atoms with E-state index in [2.05, 4.69) is 32.9 Å². The number of ether oxygens (including phenoxy) is 2. The molecule has 0 spiro atoms. The van der Waals surface area contributed by atoms with Crippen molar-refractivity contribution in [2.24, 2.45) is 0 Å². The van der Waals surface area contributed by atoms with Crippen LogP contribution in [0.15, 0.2) is 18.2 Å². The molecule has 1 atom stereocenters. The molecular weight excluding hydrogens is 188 g/mol. The van der Waals surface area contributed by atoms with Gasteiger partial charge in [0, 0.05) is 0 Å². The first-order valence-corrected chi connectivity index (χ1v) is 5.41. The topological polar surface area (TPSA) is 18.5 Å². The van der Waals surface area contributed by atoms with Gasteiger partial charge in [0.05, 0.1) is 0 Å². The predicted octanol–water partition coefficient (Wildman–Crippen LogP) is 3.14. The lowest BCUT2D eigenvalue weighted by atomic mass is 9.87. The maximum Gasteiger partial charge on any atom is 0.162 e. The summed E-state index contributed by atoms with van der Waals surface area (Å²) >= 11 is 0. The van der Waals surface area contributed by atoms with E-state index < -0.39 is 0 Å². The van der Waals surface area contributed by atoms with Crippen LogP contribution in [0.5, 0.6) is 11.5 Å². The van der Waals surface area contributed by atoms with Crippen molar-refractivity contribution in [2.45, 2.75) is 39.2 Å². The second-order valence-corrected chi connectivity index (χ2v) is 5.15. The molecule has 15 heavy (non-hydrogen) atoms. The lowest BCUT2D eigenvalue weighted by Gasteiger charge is -2.26. The van der Waals surface area contributed by atoms with Gasteiger partial charge < -0.3 is 9.47 Å². The average Bonchev–Trinajstić information content (AvgIpc) is 2.15. The summed E-state index contributed by atoms with van der Waals surface area (Å²) in [6.45, 7) is 9.25. The Hall–Kier alpha value is -1.18. The van der Waals surface area contributed by atoms with Gasteiger partial charge in [0.25, 0.3) is 0 Å². The molecule has 0 aliphatic carbocycles. The van der Waals surface area contributed by atoms with E-state index >= 15 is 0 Å². The molecule has 1 unspecified atom stereocenters. The normalized spacial score (nSPS) is 20.1.